The summed E-state index contributed by atoms with van der Waals surface area (Å²) < 4.78 is 36.8. The van der Waals surface area contributed by atoms with Gasteiger partial charge < -0.3 is 0 Å². The SMILES string of the molecule is Fc1cc(Cl)cc(C(F)F)c1Br. The first kappa shape index (κ1) is 9.86. The number of hydrogen-bond donors (Lipinski definition) is 0. The number of alkyl halides is 2. The fourth-order valence-electron chi connectivity index (χ4n) is 0.735. The number of hydrogen-bond acceptors (Lipinski definition) is 0. The minimum Gasteiger partial charge on any atom is -0.206 e. The highest BCUT2D eigenvalue weighted by atomic mass is 79.9. The van der Waals surface area contributed by atoms with Gasteiger partial charge in [-0.1, -0.05) is 11.6 Å². The Hall–Kier alpha value is -0.220. The van der Waals surface area contributed by atoms with Crippen molar-refractivity contribution in [3.63, 3.8) is 0 Å². The smallest absolute Gasteiger partial charge is 0.206 e. The molecule has 0 bridgehead atoms. The van der Waals surface area contributed by atoms with E-state index in [1.54, 1.807) is 0 Å². The van der Waals surface area contributed by atoms with Gasteiger partial charge in [0.1, 0.15) is 5.82 Å². The Morgan fingerprint density at radius 2 is 1.92 bits per heavy atom. The van der Waals surface area contributed by atoms with Gasteiger partial charge in [0.05, 0.1) is 4.47 Å². The van der Waals surface area contributed by atoms with E-state index in [1.165, 1.54) is 0 Å². The summed E-state index contributed by atoms with van der Waals surface area (Å²) in [7, 11) is 0. The van der Waals surface area contributed by atoms with E-state index in [2.05, 4.69) is 15.9 Å². The van der Waals surface area contributed by atoms with Crippen LogP contribution in [0.25, 0.3) is 0 Å². The summed E-state index contributed by atoms with van der Waals surface area (Å²) in [5.41, 5.74) is -0.431. The standard InChI is InChI=1S/C7H3BrClF3/c8-6-4(7(11)12)1-3(9)2-5(6)10/h1-2,7H. The summed E-state index contributed by atoms with van der Waals surface area (Å²) >= 11 is 8.07. The molecule has 0 radical (unpaired) electrons. The molecular formula is C7H3BrClF3. The van der Waals surface area contributed by atoms with Gasteiger partial charge in [-0.25, -0.2) is 13.2 Å². The lowest BCUT2D eigenvalue weighted by Gasteiger charge is -2.04. The number of benzene rings is 1. The van der Waals surface area contributed by atoms with Crippen LogP contribution in [0.4, 0.5) is 13.2 Å². The van der Waals surface area contributed by atoms with Gasteiger partial charge in [-0.05, 0) is 28.1 Å². The zero-order valence-electron chi connectivity index (χ0n) is 5.62. The van der Waals surface area contributed by atoms with Gasteiger partial charge in [-0.15, -0.1) is 0 Å². The van der Waals surface area contributed by atoms with Gasteiger partial charge in [-0.2, -0.15) is 0 Å². The quantitative estimate of drug-likeness (QED) is 0.664. The Bertz CT molecular complexity index is 301. The molecule has 12 heavy (non-hydrogen) atoms. The summed E-state index contributed by atoms with van der Waals surface area (Å²) in [6, 6.07) is 2.00. The first-order chi connectivity index (χ1) is 5.52. The van der Waals surface area contributed by atoms with Crippen LogP contribution in [0.2, 0.25) is 5.02 Å². The predicted octanol–water partition coefficient (Wildman–Crippen LogP) is 4.18. The normalized spacial score (nSPS) is 10.8. The molecule has 66 valence electrons. The van der Waals surface area contributed by atoms with Gasteiger partial charge in [-0.3, -0.25) is 0 Å². The van der Waals surface area contributed by atoms with Crippen molar-refractivity contribution < 1.29 is 13.2 Å². The van der Waals surface area contributed by atoms with Crippen LogP contribution in [0.15, 0.2) is 16.6 Å². The topological polar surface area (TPSA) is 0 Å². The highest BCUT2D eigenvalue weighted by Gasteiger charge is 2.15. The van der Waals surface area contributed by atoms with Gasteiger partial charge in [0.15, 0.2) is 0 Å². The molecule has 0 amide bonds. The molecule has 0 spiro atoms. The summed E-state index contributed by atoms with van der Waals surface area (Å²) in [5.74, 6) is -0.780. The molecule has 0 nitrogen and oxygen atoms in total. The zero-order chi connectivity index (χ0) is 9.30. The summed E-state index contributed by atoms with van der Waals surface area (Å²) in [6.45, 7) is 0. The molecule has 5 heteroatoms. The van der Waals surface area contributed by atoms with Crippen molar-refractivity contribution >= 4 is 27.5 Å². The van der Waals surface area contributed by atoms with E-state index in [9.17, 15) is 13.2 Å². The number of rotatable bonds is 1. The van der Waals surface area contributed by atoms with Crippen LogP contribution < -0.4 is 0 Å². The second-order valence-electron chi connectivity index (χ2n) is 2.09. The third kappa shape index (κ3) is 1.93. The van der Waals surface area contributed by atoms with Crippen LogP contribution in [0.1, 0.15) is 12.0 Å². The number of halogens is 5. The van der Waals surface area contributed by atoms with Crippen molar-refractivity contribution in [1.29, 1.82) is 0 Å². The molecule has 0 N–H and O–H groups in total. The van der Waals surface area contributed by atoms with Crippen molar-refractivity contribution in [2.24, 2.45) is 0 Å². The lowest BCUT2D eigenvalue weighted by atomic mass is 10.2. The first-order valence-corrected chi connectivity index (χ1v) is 4.12. The molecule has 0 aromatic heterocycles. The molecule has 0 saturated heterocycles. The largest absolute Gasteiger partial charge is 0.265 e. The lowest BCUT2D eigenvalue weighted by molar-refractivity contribution is 0.150. The maximum atomic E-state index is 12.7. The van der Waals surface area contributed by atoms with Crippen molar-refractivity contribution in [3.05, 3.63) is 33.0 Å². The Labute approximate surface area is 80.5 Å². The van der Waals surface area contributed by atoms with E-state index in [4.69, 9.17) is 11.6 Å². The molecule has 0 heterocycles. The fourth-order valence-corrected chi connectivity index (χ4v) is 1.35. The van der Waals surface area contributed by atoms with Crippen LogP contribution in [-0.4, -0.2) is 0 Å². The highest BCUT2D eigenvalue weighted by molar-refractivity contribution is 9.10. The molecule has 0 atom stereocenters. The minimum absolute atomic E-state index is 0.0361. The zero-order valence-corrected chi connectivity index (χ0v) is 7.96. The van der Waals surface area contributed by atoms with Gasteiger partial charge in [0.2, 0.25) is 0 Å². The maximum absolute atomic E-state index is 12.7. The van der Waals surface area contributed by atoms with E-state index in [1.807, 2.05) is 0 Å². The molecule has 0 aliphatic rings. The lowest BCUT2D eigenvalue weighted by Crippen LogP contribution is -1.89. The van der Waals surface area contributed by atoms with E-state index < -0.39 is 17.8 Å². The second kappa shape index (κ2) is 3.66. The van der Waals surface area contributed by atoms with Crippen LogP contribution in [0, 0.1) is 5.82 Å². The first-order valence-electron chi connectivity index (χ1n) is 2.95. The third-order valence-electron chi connectivity index (χ3n) is 1.26. The molecule has 0 aliphatic carbocycles. The second-order valence-corrected chi connectivity index (χ2v) is 3.32. The summed E-state index contributed by atoms with van der Waals surface area (Å²) in [5, 5.41) is -0.0361. The van der Waals surface area contributed by atoms with Crippen molar-refractivity contribution in [2.75, 3.05) is 0 Å². The van der Waals surface area contributed by atoms with Gasteiger partial charge >= 0.3 is 0 Å². The van der Waals surface area contributed by atoms with E-state index in [0.29, 0.717) is 0 Å². The average Bonchev–Trinajstić information content (AvgIpc) is 1.96. The Morgan fingerprint density at radius 1 is 1.33 bits per heavy atom. The molecule has 1 aromatic carbocycles. The minimum atomic E-state index is -2.73. The van der Waals surface area contributed by atoms with Crippen molar-refractivity contribution in [2.45, 2.75) is 6.43 Å². The fraction of sp³-hybridized carbons (Fsp3) is 0.143. The molecule has 0 aliphatic heterocycles. The Kier molecular flexibility index (Phi) is 3.01. The third-order valence-corrected chi connectivity index (χ3v) is 2.31. The van der Waals surface area contributed by atoms with E-state index >= 15 is 0 Å². The predicted molar refractivity (Wildman–Crippen MR) is 44.1 cm³/mol. The Morgan fingerprint density at radius 3 is 2.42 bits per heavy atom. The molecule has 0 fully saturated rings. The van der Waals surface area contributed by atoms with E-state index in [0.717, 1.165) is 12.1 Å². The van der Waals surface area contributed by atoms with Crippen LogP contribution >= 0.6 is 27.5 Å². The summed E-state index contributed by atoms with van der Waals surface area (Å²) in [6.07, 6.45) is -2.73. The molecule has 0 unspecified atom stereocenters. The van der Waals surface area contributed by atoms with E-state index in [-0.39, 0.29) is 9.50 Å². The molecular weight excluding hydrogens is 256 g/mol. The average molecular weight is 259 g/mol. The molecule has 0 saturated carbocycles. The monoisotopic (exact) mass is 258 g/mol. The highest BCUT2D eigenvalue weighted by Crippen LogP contribution is 2.31. The Balaban J connectivity index is 3.28. The van der Waals surface area contributed by atoms with Crippen molar-refractivity contribution in [3.8, 4) is 0 Å². The maximum Gasteiger partial charge on any atom is 0.265 e. The van der Waals surface area contributed by atoms with Gasteiger partial charge in [0.25, 0.3) is 6.43 Å². The summed E-state index contributed by atoms with van der Waals surface area (Å²) in [4.78, 5) is 0. The molecule has 1 rings (SSSR count). The van der Waals surface area contributed by atoms with Crippen LogP contribution in [0.3, 0.4) is 0 Å². The van der Waals surface area contributed by atoms with Crippen LogP contribution in [0.5, 0.6) is 0 Å². The van der Waals surface area contributed by atoms with Crippen molar-refractivity contribution in [1.82, 2.24) is 0 Å². The van der Waals surface area contributed by atoms with Crippen LogP contribution in [-0.2, 0) is 0 Å². The van der Waals surface area contributed by atoms with Gasteiger partial charge in [0, 0.05) is 10.6 Å². The molecule has 1 aromatic rings.